The van der Waals surface area contributed by atoms with Gasteiger partial charge < -0.3 is 25.7 Å². The average molecular weight is 592 g/mol. The van der Waals surface area contributed by atoms with Crippen LogP contribution in [0.1, 0.15) is 142 Å². The molecule has 0 radical (unpaired) electrons. The first kappa shape index (κ1) is 40.3. The number of amides is 1. The maximum Gasteiger partial charge on any atom is 0.249 e. The molecule has 0 fully saturated rings. The second kappa shape index (κ2) is 30.7. The molecule has 4 atom stereocenters. The third-order valence-corrected chi connectivity index (χ3v) is 7.50. The number of unbranched alkanes of at least 4 members (excludes halogenated alkanes) is 13. The van der Waals surface area contributed by atoms with Crippen LogP contribution in [0.25, 0.3) is 0 Å². The van der Waals surface area contributed by atoms with E-state index in [9.17, 15) is 25.2 Å². The highest BCUT2D eigenvalue weighted by atomic mass is 16.3. The van der Waals surface area contributed by atoms with Crippen LogP contribution in [0.3, 0.4) is 0 Å². The normalized spacial score (nSPS) is 15.3. The molecular formula is C36H65NO5. The highest BCUT2D eigenvalue weighted by molar-refractivity contribution is 5.81. The van der Waals surface area contributed by atoms with Gasteiger partial charge >= 0.3 is 0 Å². The summed E-state index contributed by atoms with van der Waals surface area (Å²) in [6.45, 7) is 3.93. The van der Waals surface area contributed by atoms with E-state index in [2.05, 4.69) is 55.6 Å². The predicted octanol–water partition coefficient (Wildman–Crippen LogP) is 7.61. The molecule has 0 aliphatic rings. The Kier molecular flexibility index (Phi) is 29.5. The van der Waals surface area contributed by atoms with Crippen molar-refractivity contribution in [1.82, 2.24) is 5.32 Å². The summed E-state index contributed by atoms with van der Waals surface area (Å²) in [5.41, 5.74) is 0. The van der Waals surface area contributed by atoms with Gasteiger partial charge in [0.1, 0.15) is 12.2 Å². The van der Waals surface area contributed by atoms with Gasteiger partial charge in [0.15, 0.2) is 0 Å². The Bertz CT molecular complexity index is 718. The van der Waals surface area contributed by atoms with Crippen molar-refractivity contribution in [1.29, 1.82) is 0 Å². The smallest absolute Gasteiger partial charge is 0.249 e. The molecule has 0 rings (SSSR count). The Morgan fingerprint density at radius 1 is 0.619 bits per heavy atom. The lowest BCUT2D eigenvalue weighted by molar-refractivity contribution is -0.132. The van der Waals surface area contributed by atoms with E-state index in [0.717, 1.165) is 38.5 Å². The molecule has 0 aliphatic heterocycles. The van der Waals surface area contributed by atoms with E-state index in [1.54, 1.807) is 6.08 Å². The number of aliphatic hydroxyl groups excluding tert-OH is 4. The molecule has 0 aromatic heterocycles. The monoisotopic (exact) mass is 591 g/mol. The third-order valence-electron chi connectivity index (χ3n) is 7.50. The first-order chi connectivity index (χ1) is 20.5. The van der Waals surface area contributed by atoms with Gasteiger partial charge in [-0.2, -0.15) is 0 Å². The second-order valence-electron chi connectivity index (χ2n) is 11.5. The standard InChI is InChI=1S/C36H65NO5/c1-3-5-7-9-11-13-15-17-18-20-21-23-25-27-29-33(39)35(41)32(31-38)37-36(42)34(40)30-28-26-24-22-19-16-14-12-10-8-6-4-2/h15,17,19,21-23,26,28,32-35,38-41H,3-14,16,18,20,24-25,27,29-31H2,1-2H3,(H,37,42)/b17-15+,22-19-,23-21+,28-26-. The van der Waals surface area contributed by atoms with Gasteiger partial charge in [-0.05, 0) is 64.2 Å². The van der Waals surface area contributed by atoms with Crippen LogP contribution in [0.4, 0.5) is 0 Å². The van der Waals surface area contributed by atoms with Crippen LogP contribution >= 0.6 is 0 Å². The lowest BCUT2D eigenvalue weighted by atomic mass is 10.0. The molecule has 0 aromatic rings. The van der Waals surface area contributed by atoms with Gasteiger partial charge in [0, 0.05) is 6.42 Å². The molecule has 244 valence electrons. The summed E-state index contributed by atoms with van der Waals surface area (Å²) < 4.78 is 0. The SMILES string of the molecule is CCCCCCC/C=C/CC/C=C/CCCC(O)C(O)C(CO)NC(=O)C(O)C/C=C\C/C=C\CCCCCCCC. The van der Waals surface area contributed by atoms with Crippen LogP contribution in [0.15, 0.2) is 48.6 Å². The Morgan fingerprint density at radius 2 is 1.10 bits per heavy atom. The van der Waals surface area contributed by atoms with Gasteiger partial charge in [-0.1, -0.05) is 120 Å². The van der Waals surface area contributed by atoms with Crippen molar-refractivity contribution >= 4 is 5.91 Å². The van der Waals surface area contributed by atoms with E-state index in [1.807, 2.05) is 6.08 Å². The molecule has 1 amide bonds. The molecule has 0 spiro atoms. The molecule has 0 saturated carbocycles. The van der Waals surface area contributed by atoms with Crippen LogP contribution in [0, 0.1) is 0 Å². The van der Waals surface area contributed by atoms with E-state index < -0.39 is 36.9 Å². The highest BCUT2D eigenvalue weighted by Gasteiger charge is 2.28. The summed E-state index contributed by atoms with van der Waals surface area (Å²) in [4.78, 5) is 12.3. The van der Waals surface area contributed by atoms with Crippen molar-refractivity contribution in [3.05, 3.63) is 48.6 Å². The Hall–Kier alpha value is -1.73. The predicted molar refractivity (Wildman–Crippen MR) is 177 cm³/mol. The largest absolute Gasteiger partial charge is 0.394 e. The fourth-order valence-electron chi connectivity index (χ4n) is 4.69. The molecule has 0 saturated heterocycles. The van der Waals surface area contributed by atoms with Crippen molar-refractivity contribution < 1.29 is 25.2 Å². The molecule has 5 N–H and O–H groups in total. The van der Waals surface area contributed by atoms with Crippen LogP contribution in [0.5, 0.6) is 0 Å². The number of allylic oxidation sites excluding steroid dienone is 7. The summed E-state index contributed by atoms with van der Waals surface area (Å²) in [7, 11) is 0. The summed E-state index contributed by atoms with van der Waals surface area (Å²) in [5, 5.41) is 43.1. The molecule has 6 heteroatoms. The van der Waals surface area contributed by atoms with E-state index in [4.69, 9.17) is 0 Å². The number of hydrogen-bond acceptors (Lipinski definition) is 5. The second-order valence-corrected chi connectivity index (χ2v) is 11.5. The number of carbonyl (C=O) groups excluding carboxylic acids is 1. The van der Waals surface area contributed by atoms with E-state index in [-0.39, 0.29) is 6.42 Å². The molecule has 4 unspecified atom stereocenters. The van der Waals surface area contributed by atoms with Gasteiger partial charge in [0.2, 0.25) is 5.91 Å². The minimum Gasteiger partial charge on any atom is -0.394 e. The topological polar surface area (TPSA) is 110 Å². The Balaban J connectivity index is 4.06. The van der Waals surface area contributed by atoms with Gasteiger partial charge in [-0.15, -0.1) is 0 Å². The van der Waals surface area contributed by atoms with E-state index >= 15 is 0 Å². The zero-order chi connectivity index (χ0) is 31.1. The number of aliphatic hydroxyl groups is 4. The van der Waals surface area contributed by atoms with Gasteiger partial charge in [0.25, 0.3) is 0 Å². The molecule has 0 bridgehead atoms. The van der Waals surface area contributed by atoms with Crippen molar-refractivity contribution in [2.45, 2.75) is 167 Å². The first-order valence-corrected chi connectivity index (χ1v) is 17.0. The summed E-state index contributed by atoms with van der Waals surface area (Å²) in [6.07, 6.45) is 34.3. The van der Waals surface area contributed by atoms with E-state index in [1.165, 1.54) is 70.6 Å². The maximum atomic E-state index is 12.3. The zero-order valence-corrected chi connectivity index (χ0v) is 27.0. The molecular weight excluding hydrogens is 526 g/mol. The van der Waals surface area contributed by atoms with Crippen molar-refractivity contribution in [3.63, 3.8) is 0 Å². The summed E-state index contributed by atoms with van der Waals surface area (Å²) in [6, 6.07) is -1.04. The van der Waals surface area contributed by atoms with Crippen LogP contribution in [-0.4, -0.2) is 57.3 Å². The average Bonchev–Trinajstić information content (AvgIpc) is 2.99. The Morgan fingerprint density at radius 3 is 1.67 bits per heavy atom. The van der Waals surface area contributed by atoms with E-state index in [0.29, 0.717) is 12.8 Å². The summed E-state index contributed by atoms with van der Waals surface area (Å²) >= 11 is 0. The molecule has 0 aromatic carbocycles. The lowest BCUT2D eigenvalue weighted by Gasteiger charge is -2.27. The van der Waals surface area contributed by atoms with Crippen molar-refractivity contribution in [2.24, 2.45) is 0 Å². The minimum atomic E-state index is -1.31. The number of rotatable bonds is 29. The van der Waals surface area contributed by atoms with Crippen LogP contribution < -0.4 is 5.32 Å². The number of hydrogen-bond donors (Lipinski definition) is 5. The maximum absolute atomic E-state index is 12.3. The molecule has 6 nitrogen and oxygen atoms in total. The quantitative estimate of drug-likeness (QED) is 0.0454. The third kappa shape index (κ3) is 24.8. The van der Waals surface area contributed by atoms with Crippen LogP contribution in [-0.2, 0) is 4.79 Å². The van der Waals surface area contributed by atoms with Gasteiger partial charge in [-0.3, -0.25) is 4.79 Å². The fourth-order valence-corrected chi connectivity index (χ4v) is 4.69. The van der Waals surface area contributed by atoms with Crippen molar-refractivity contribution in [2.75, 3.05) is 6.61 Å². The highest BCUT2D eigenvalue weighted by Crippen LogP contribution is 2.11. The molecule has 42 heavy (non-hydrogen) atoms. The first-order valence-electron chi connectivity index (χ1n) is 17.0. The number of nitrogens with one attached hydrogen (secondary N) is 1. The van der Waals surface area contributed by atoms with Gasteiger partial charge in [-0.25, -0.2) is 0 Å². The summed E-state index contributed by atoms with van der Waals surface area (Å²) in [5.74, 6) is -0.669. The number of carbonyl (C=O) groups is 1. The molecule has 0 aliphatic carbocycles. The van der Waals surface area contributed by atoms with Crippen LogP contribution in [0.2, 0.25) is 0 Å². The fraction of sp³-hybridized carbons (Fsp3) is 0.750. The Labute approximate surface area is 258 Å². The van der Waals surface area contributed by atoms with Crippen molar-refractivity contribution in [3.8, 4) is 0 Å². The lowest BCUT2D eigenvalue weighted by Crippen LogP contribution is -2.52. The van der Waals surface area contributed by atoms with Gasteiger partial charge in [0.05, 0.1) is 18.8 Å². The molecule has 0 heterocycles. The minimum absolute atomic E-state index is 0.148. The zero-order valence-electron chi connectivity index (χ0n) is 27.0.